The Kier molecular flexibility index (Phi) is 3.33. The number of hydrogen-bond donors (Lipinski definition) is 1. The van der Waals surface area contributed by atoms with Crippen LogP contribution in [0.5, 0.6) is 0 Å². The summed E-state index contributed by atoms with van der Waals surface area (Å²) in [5.74, 6) is 0. The second-order valence-corrected chi connectivity index (χ2v) is 8.95. The third-order valence-corrected chi connectivity index (χ3v) is 5.85. The van der Waals surface area contributed by atoms with E-state index >= 15 is 0 Å². The summed E-state index contributed by atoms with van der Waals surface area (Å²) in [5, 5.41) is 0.493. The van der Waals surface area contributed by atoms with Gasteiger partial charge in [-0.15, -0.1) is 0 Å². The average Bonchev–Trinajstić information content (AvgIpc) is 1.56. The average molecular weight is 173 g/mol. The van der Waals surface area contributed by atoms with E-state index < -0.39 is 8.96 Å². The van der Waals surface area contributed by atoms with Crippen LogP contribution in [0.4, 0.5) is 0 Å². The molecule has 0 saturated heterocycles. The topological polar surface area (TPSA) is 12.0 Å². The van der Waals surface area contributed by atoms with Crippen molar-refractivity contribution in [2.24, 2.45) is 0 Å². The van der Waals surface area contributed by atoms with Crippen LogP contribution in [0.2, 0.25) is 11.6 Å². The molecule has 0 amide bonds. The van der Waals surface area contributed by atoms with E-state index in [1.54, 1.807) is 0 Å². The number of rotatable bonds is 1. The van der Waals surface area contributed by atoms with Gasteiger partial charge in [0.15, 0.2) is 0 Å². The molecule has 0 spiro atoms. The maximum Gasteiger partial charge on any atom is 0.111 e. The Labute approximate surface area is 73.3 Å². The smallest absolute Gasteiger partial charge is 0.111 e. The van der Waals surface area contributed by atoms with Crippen LogP contribution in [0.1, 0.15) is 41.5 Å². The Bertz CT molecular complexity index is 119. The van der Waals surface area contributed by atoms with Crippen LogP contribution in [0.15, 0.2) is 0 Å². The minimum Gasteiger partial charge on any atom is -0.335 e. The van der Waals surface area contributed by atoms with E-state index in [-0.39, 0.29) is 0 Å². The molecule has 0 aromatic heterocycles. The second-order valence-electron chi connectivity index (χ2n) is 5.48. The minimum absolute atomic E-state index is 0.291. The molecular weight excluding hydrogens is 150 g/mol. The van der Waals surface area contributed by atoms with Gasteiger partial charge < -0.3 is 4.98 Å². The second kappa shape index (κ2) is 3.28. The first-order valence-corrected chi connectivity index (χ1v) is 6.71. The molecular formula is C9H23NSi. The van der Waals surface area contributed by atoms with Crippen LogP contribution in [-0.2, 0) is 0 Å². The highest BCUT2D eigenvalue weighted by Gasteiger charge is 2.25. The molecule has 0 heterocycles. The molecule has 1 unspecified atom stereocenters. The van der Waals surface area contributed by atoms with E-state index in [2.05, 4.69) is 53.1 Å². The quantitative estimate of drug-likeness (QED) is 0.601. The van der Waals surface area contributed by atoms with Gasteiger partial charge in [-0.1, -0.05) is 27.3 Å². The lowest BCUT2D eigenvalue weighted by atomic mass is 10.1. The summed E-state index contributed by atoms with van der Waals surface area (Å²) in [5.41, 5.74) is 0.291. The predicted octanol–water partition coefficient (Wildman–Crippen LogP) is 2.53. The van der Waals surface area contributed by atoms with Gasteiger partial charge in [0.2, 0.25) is 0 Å². The fourth-order valence-corrected chi connectivity index (χ4v) is 2.60. The van der Waals surface area contributed by atoms with Crippen molar-refractivity contribution in [1.82, 2.24) is 4.98 Å². The Morgan fingerprint density at radius 1 is 0.909 bits per heavy atom. The van der Waals surface area contributed by atoms with Crippen LogP contribution in [-0.4, -0.2) is 14.5 Å². The molecule has 0 saturated carbocycles. The standard InChI is InChI=1S/C9H23NSi/c1-8(2,3)10-11(7)9(4,5)6/h10-11H,1-7H3. The third kappa shape index (κ3) is 5.45. The van der Waals surface area contributed by atoms with Gasteiger partial charge in [-0.2, -0.15) is 0 Å². The minimum atomic E-state index is -0.765. The van der Waals surface area contributed by atoms with Crippen molar-refractivity contribution >= 4 is 8.96 Å². The van der Waals surface area contributed by atoms with Crippen LogP contribution < -0.4 is 4.98 Å². The van der Waals surface area contributed by atoms with Crippen LogP contribution >= 0.6 is 0 Å². The van der Waals surface area contributed by atoms with E-state index in [1.165, 1.54) is 0 Å². The summed E-state index contributed by atoms with van der Waals surface area (Å²) in [6.45, 7) is 16.1. The third-order valence-electron chi connectivity index (χ3n) is 1.95. The molecule has 1 atom stereocenters. The molecule has 0 aliphatic heterocycles. The largest absolute Gasteiger partial charge is 0.335 e. The maximum atomic E-state index is 3.70. The van der Waals surface area contributed by atoms with Gasteiger partial charge in [-0.05, 0) is 25.8 Å². The van der Waals surface area contributed by atoms with Gasteiger partial charge in [-0.25, -0.2) is 0 Å². The molecule has 0 rings (SSSR count). The molecule has 0 aromatic carbocycles. The van der Waals surface area contributed by atoms with Crippen molar-refractivity contribution in [3.8, 4) is 0 Å². The fourth-order valence-electron chi connectivity index (χ4n) is 0.866. The highest BCUT2D eigenvalue weighted by Crippen LogP contribution is 2.25. The summed E-state index contributed by atoms with van der Waals surface area (Å²) in [7, 11) is -0.765. The molecule has 1 nitrogen and oxygen atoms in total. The molecule has 0 aliphatic carbocycles. The van der Waals surface area contributed by atoms with Crippen molar-refractivity contribution in [3.05, 3.63) is 0 Å². The zero-order valence-corrected chi connectivity index (χ0v) is 10.2. The van der Waals surface area contributed by atoms with Crippen molar-refractivity contribution in [1.29, 1.82) is 0 Å². The summed E-state index contributed by atoms with van der Waals surface area (Å²) in [6.07, 6.45) is 0. The summed E-state index contributed by atoms with van der Waals surface area (Å²) in [4.78, 5) is 3.70. The molecule has 0 fully saturated rings. The van der Waals surface area contributed by atoms with Crippen molar-refractivity contribution < 1.29 is 0 Å². The van der Waals surface area contributed by atoms with E-state index in [4.69, 9.17) is 0 Å². The summed E-state index contributed by atoms with van der Waals surface area (Å²) >= 11 is 0. The lowest BCUT2D eigenvalue weighted by Gasteiger charge is -2.33. The maximum absolute atomic E-state index is 3.70. The van der Waals surface area contributed by atoms with E-state index in [9.17, 15) is 0 Å². The first-order chi connectivity index (χ1) is 4.63. The highest BCUT2D eigenvalue weighted by molar-refractivity contribution is 6.58. The Hall–Kier alpha value is 0.177. The first kappa shape index (κ1) is 11.2. The molecule has 68 valence electrons. The van der Waals surface area contributed by atoms with Gasteiger partial charge in [-0.3, -0.25) is 0 Å². The van der Waals surface area contributed by atoms with Crippen LogP contribution in [0, 0.1) is 0 Å². The van der Waals surface area contributed by atoms with Gasteiger partial charge >= 0.3 is 0 Å². The van der Waals surface area contributed by atoms with Crippen molar-refractivity contribution in [2.75, 3.05) is 0 Å². The van der Waals surface area contributed by atoms with Gasteiger partial charge in [0.1, 0.15) is 8.96 Å². The predicted molar refractivity (Wildman–Crippen MR) is 55.6 cm³/mol. The zero-order valence-electron chi connectivity index (χ0n) is 9.08. The van der Waals surface area contributed by atoms with E-state index in [0.717, 1.165) is 0 Å². The SMILES string of the molecule is C[SiH](NC(C)(C)C)C(C)(C)C. The van der Waals surface area contributed by atoms with Gasteiger partial charge in [0.25, 0.3) is 0 Å². The first-order valence-electron chi connectivity index (χ1n) is 4.40. The lowest BCUT2D eigenvalue weighted by Crippen LogP contribution is -2.49. The van der Waals surface area contributed by atoms with Gasteiger partial charge in [0.05, 0.1) is 0 Å². The molecule has 1 N–H and O–H groups in total. The van der Waals surface area contributed by atoms with Gasteiger partial charge in [0, 0.05) is 5.54 Å². The van der Waals surface area contributed by atoms with Crippen molar-refractivity contribution in [3.63, 3.8) is 0 Å². The molecule has 0 radical (unpaired) electrons. The normalized spacial score (nSPS) is 16.6. The Morgan fingerprint density at radius 3 is 1.36 bits per heavy atom. The molecule has 0 bridgehead atoms. The highest BCUT2D eigenvalue weighted by atomic mass is 28.3. The molecule has 11 heavy (non-hydrogen) atoms. The zero-order chi connectivity index (χ0) is 9.28. The Balaban J connectivity index is 3.99. The molecule has 2 heteroatoms. The number of hydrogen-bond acceptors (Lipinski definition) is 1. The van der Waals surface area contributed by atoms with Crippen molar-refractivity contribution in [2.45, 2.75) is 58.7 Å². The molecule has 0 aliphatic rings. The number of nitrogens with one attached hydrogen (secondary N) is 1. The molecule has 0 aromatic rings. The summed E-state index contributed by atoms with van der Waals surface area (Å²) in [6, 6.07) is 0. The fraction of sp³-hybridized carbons (Fsp3) is 1.00. The van der Waals surface area contributed by atoms with Crippen LogP contribution in [0.3, 0.4) is 0 Å². The van der Waals surface area contributed by atoms with E-state index in [0.29, 0.717) is 10.6 Å². The monoisotopic (exact) mass is 173 g/mol. The Morgan fingerprint density at radius 2 is 1.27 bits per heavy atom. The van der Waals surface area contributed by atoms with E-state index in [1.807, 2.05) is 0 Å². The summed E-state index contributed by atoms with van der Waals surface area (Å²) < 4.78 is 0. The lowest BCUT2D eigenvalue weighted by molar-refractivity contribution is 0.504. The van der Waals surface area contributed by atoms with Crippen LogP contribution in [0.25, 0.3) is 0 Å².